The molecule has 6 nitrogen and oxygen atoms in total. The van der Waals surface area contributed by atoms with E-state index in [-0.39, 0.29) is 0 Å². The molecule has 1 aliphatic rings. The van der Waals surface area contributed by atoms with Crippen molar-refractivity contribution >= 4 is 26.0 Å². The topological polar surface area (TPSA) is 72.4 Å². The SMILES string of the molecule is O=S(=O)(c1ccccc1)N1CCC(COc2ncc(Br)cn2)CC1. The van der Waals surface area contributed by atoms with Gasteiger partial charge in [0.05, 0.1) is 16.0 Å². The molecule has 8 heteroatoms. The fourth-order valence-corrected chi connectivity index (χ4v) is 4.32. The van der Waals surface area contributed by atoms with E-state index in [1.54, 1.807) is 41.0 Å². The summed E-state index contributed by atoms with van der Waals surface area (Å²) >= 11 is 3.27. The minimum Gasteiger partial charge on any atom is -0.463 e. The van der Waals surface area contributed by atoms with Gasteiger partial charge in [0.15, 0.2) is 0 Å². The molecule has 0 N–H and O–H groups in total. The summed E-state index contributed by atoms with van der Waals surface area (Å²) in [6, 6.07) is 8.91. The molecule has 0 atom stereocenters. The summed E-state index contributed by atoms with van der Waals surface area (Å²) in [5.74, 6) is 0.305. The van der Waals surface area contributed by atoms with Gasteiger partial charge in [-0.3, -0.25) is 0 Å². The third kappa shape index (κ3) is 4.12. The molecule has 1 aromatic carbocycles. The minimum absolute atomic E-state index is 0.305. The lowest BCUT2D eigenvalue weighted by Crippen LogP contribution is -2.39. The van der Waals surface area contributed by atoms with E-state index in [1.807, 2.05) is 6.07 Å². The average Bonchev–Trinajstić information content (AvgIpc) is 2.62. The molecule has 0 aliphatic carbocycles. The highest BCUT2D eigenvalue weighted by atomic mass is 79.9. The van der Waals surface area contributed by atoms with Gasteiger partial charge in [0.25, 0.3) is 0 Å². The molecule has 0 radical (unpaired) electrons. The maximum absolute atomic E-state index is 12.6. The van der Waals surface area contributed by atoms with Crippen molar-refractivity contribution in [2.45, 2.75) is 17.7 Å². The molecule has 1 fully saturated rings. The Morgan fingerprint density at radius 3 is 2.38 bits per heavy atom. The largest absolute Gasteiger partial charge is 0.463 e. The smallest absolute Gasteiger partial charge is 0.316 e. The maximum atomic E-state index is 12.6. The molecule has 2 heterocycles. The Labute approximate surface area is 150 Å². The van der Waals surface area contributed by atoms with Crippen LogP contribution in [0.2, 0.25) is 0 Å². The van der Waals surface area contributed by atoms with Crippen molar-refractivity contribution in [1.82, 2.24) is 14.3 Å². The Bertz CT molecular complexity index is 761. The third-order valence-electron chi connectivity index (χ3n) is 4.00. The fraction of sp³-hybridized carbons (Fsp3) is 0.375. The summed E-state index contributed by atoms with van der Waals surface area (Å²) in [6.07, 6.45) is 4.81. The van der Waals surface area contributed by atoms with Gasteiger partial charge < -0.3 is 4.74 Å². The van der Waals surface area contributed by atoms with Gasteiger partial charge in [-0.2, -0.15) is 4.31 Å². The van der Waals surface area contributed by atoms with E-state index in [9.17, 15) is 8.42 Å². The van der Waals surface area contributed by atoms with E-state index in [4.69, 9.17) is 4.74 Å². The predicted molar refractivity (Wildman–Crippen MR) is 93.2 cm³/mol. The van der Waals surface area contributed by atoms with Gasteiger partial charge >= 0.3 is 6.01 Å². The second-order valence-corrected chi connectivity index (χ2v) is 8.51. The number of hydrogen-bond donors (Lipinski definition) is 0. The number of piperidine rings is 1. The van der Waals surface area contributed by atoms with Crippen molar-refractivity contribution in [3.63, 3.8) is 0 Å². The summed E-state index contributed by atoms with van der Waals surface area (Å²) in [5, 5.41) is 0. The van der Waals surface area contributed by atoms with Crippen LogP contribution < -0.4 is 4.74 Å². The molecule has 0 saturated carbocycles. The first kappa shape index (κ1) is 17.3. The average molecular weight is 412 g/mol. The van der Waals surface area contributed by atoms with Crippen LogP contribution in [0.1, 0.15) is 12.8 Å². The molecule has 1 aromatic heterocycles. The predicted octanol–water partition coefficient (Wildman–Crippen LogP) is 2.72. The highest BCUT2D eigenvalue weighted by Gasteiger charge is 2.29. The normalized spacial score (nSPS) is 16.9. The summed E-state index contributed by atoms with van der Waals surface area (Å²) < 4.78 is 33.1. The highest BCUT2D eigenvalue weighted by Crippen LogP contribution is 2.24. The van der Waals surface area contributed by atoms with Crippen LogP contribution in [0.15, 0.2) is 52.1 Å². The fourth-order valence-electron chi connectivity index (χ4n) is 2.63. The summed E-state index contributed by atoms with van der Waals surface area (Å²) in [7, 11) is -3.39. The van der Waals surface area contributed by atoms with Crippen LogP contribution in [-0.4, -0.2) is 42.4 Å². The van der Waals surface area contributed by atoms with Crippen LogP contribution in [-0.2, 0) is 10.0 Å². The summed E-state index contributed by atoms with van der Waals surface area (Å²) in [5.41, 5.74) is 0. The molecule has 0 bridgehead atoms. The zero-order valence-corrected chi connectivity index (χ0v) is 15.4. The third-order valence-corrected chi connectivity index (χ3v) is 6.32. The second kappa shape index (κ2) is 7.58. The molecule has 1 saturated heterocycles. The lowest BCUT2D eigenvalue weighted by atomic mass is 9.99. The van der Waals surface area contributed by atoms with E-state index in [2.05, 4.69) is 25.9 Å². The van der Waals surface area contributed by atoms with Crippen molar-refractivity contribution in [3.8, 4) is 6.01 Å². The number of aromatic nitrogens is 2. The molecule has 128 valence electrons. The van der Waals surface area contributed by atoms with Crippen LogP contribution in [0, 0.1) is 5.92 Å². The lowest BCUT2D eigenvalue weighted by Gasteiger charge is -2.30. The van der Waals surface area contributed by atoms with E-state index >= 15 is 0 Å². The lowest BCUT2D eigenvalue weighted by molar-refractivity contribution is 0.176. The van der Waals surface area contributed by atoms with Crippen molar-refractivity contribution in [2.24, 2.45) is 5.92 Å². The van der Waals surface area contributed by atoms with Gasteiger partial charge in [0.2, 0.25) is 10.0 Å². The molecule has 0 unspecified atom stereocenters. The Morgan fingerprint density at radius 1 is 1.12 bits per heavy atom. The van der Waals surface area contributed by atoms with Crippen molar-refractivity contribution < 1.29 is 13.2 Å². The van der Waals surface area contributed by atoms with Gasteiger partial charge in [-0.15, -0.1) is 0 Å². The molecular weight excluding hydrogens is 394 g/mol. The first-order valence-corrected chi connectivity index (χ1v) is 9.94. The number of hydrogen-bond acceptors (Lipinski definition) is 5. The van der Waals surface area contributed by atoms with E-state index in [0.29, 0.717) is 36.5 Å². The van der Waals surface area contributed by atoms with Crippen LogP contribution in [0.5, 0.6) is 6.01 Å². The van der Waals surface area contributed by atoms with Crippen LogP contribution in [0.3, 0.4) is 0 Å². The van der Waals surface area contributed by atoms with Gasteiger partial charge in [-0.25, -0.2) is 18.4 Å². The molecule has 24 heavy (non-hydrogen) atoms. The number of sulfonamides is 1. The van der Waals surface area contributed by atoms with E-state index in [1.165, 1.54) is 0 Å². The number of nitrogens with zero attached hydrogens (tertiary/aromatic N) is 3. The van der Waals surface area contributed by atoms with Crippen molar-refractivity contribution in [2.75, 3.05) is 19.7 Å². The van der Waals surface area contributed by atoms with Crippen LogP contribution >= 0.6 is 15.9 Å². The van der Waals surface area contributed by atoms with E-state index in [0.717, 1.165) is 17.3 Å². The number of ether oxygens (including phenoxy) is 1. The molecule has 3 rings (SSSR count). The first-order chi connectivity index (χ1) is 11.6. The van der Waals surface area contributed by atoms with Gasteiger partial charge in [-0.1, -0.05) is 18.2 Å². The van der Waals surface area contributed by atoms with Gasteiger partial charge in [0.1, 0.15) is 0 Å². The van der Waals surface area contributed by atoms with Crippen LogP contribution in [0.4, 0.5) is 0 Å². The van der Waals surface area contributed by atoms with Crippen LogP contribution in [0.25, 0.3) is 0 Å². The Kier molecular flexibility index (Phi) is 5.47. The second-order valence-electron chi connectivity index (χ2n) is 5.66. The molecule has 0 spiro atoms. The Hall–Kier alpha value is -1.51. The quantitative estimate of drug-likeness (QED) is 0.755. The monoisotopic (exact) mass is 411 g/mol. The first-order valence-electron chi connectivity index (χ1n) is 7.71. The zero-order chi connectivity index (χ0) is 17.0. The van der Waals surface area contributed by atoms with Gasteiger partial charge in [0, 0.05) is 25.5 Å². The molecular formula is C16H18BrN3O3S. The Morgan fingerprint density at radius 2 is 1.75 bits per heavy atom. The zero-order valence-electron chi connectivity index (χ0n) is 13.0. The Balaban J connectivity index is 1.53. The molecule has 0 amide bonds. The van der Waals surface area contributed by atoms with Crippen molar-refractivity contribution in [1.29, 1.82) is 0 Å². The number of halogens is 1. The van der Waals surface area contributed by atoms with E-state index < -0.39 is 10.0 Å². The number of benzene rings is 1. The highest BCUT2D eigenvalue weighted by molar-refractivity contribution is 9.10. The maximum Gasteiger partial charge on any atom is 0.316 e. The summed E-state index contributed by atoms with van der Waals surface area (Å²) in [6.45, 7) is 1.51. The standard InChI is InChI=1S/C16H18BrN3O3S/c17-14-10-18-16(19-11-14)23-12-13-6-8-20(9-7-13)24(21,22)15-4-2-1-3-5-15/h1-5,10-11,13H,6-9,12H2. The summed E-state index contributed by atoms with van der Waals surface area (Å²) in [4.78, 5) is 8.49. The number of rotatable bonds is 5. The molecule has 1 aliphatic heterocycles. The van der Waals surface area contributed by atoms with Crippen molar-refractivity contribution in [3.05, 3.63) is 47.2 Å². The minimum atomic E-state index is -3.39. The molecule has 2 aromatic rings. The van der Waals surface area contributed by atoms with Gasteiger partial charge in [-0.05, 0) is 46.8 Å².